The zero-order valence-corrected chi connectivity index (χ0v) is 28.4. The third-order valence-corrected chi connectivity index (χ3v) is 11.2. The first-order chi connectivity index (χ1) is 19.7. The summed E-state index contributed by atoms with van der Waals surface area (Å²) in [5.74, 6) is 4.92. The van der Waals surface area contributed by atoms with Gasteiger partial charge in [-0.2, -0.15) is 0 Å². The molecule has 1 aromatic heterocycles. The van der Waals surface area contributed by atoms with Crippen molar-refractivity contribution in [1.82, 2.24) is 4.98 Å². The summed E-state index contributed by atoms with van der Waals surface area (Å²) in [5, 5.41) is 2.50. The van der Waals surface area contributed by atoms with E-state index in [2.05, 4.69) is 112 Å². The normalized spacial score (nSPS) is 28.8. The van der Waals surface area contributed by atoms with E-state index in [4.69, 9.17) is 0 Å². The van der Waals surface area contributed by atoms with E-state index in [-0.39, 0.29) is 27.9 Å². The van der Waals surface area contributed by atoms with Crippen LogP contribution in [0.1, 0.15) is 103 Å². The molecular formula is C39H47AuN2-. The average molecular weight is 741 g/mol. The second kappa shape index (κ2) is 11.1. The summed E-state index contributed by atoms with van der Waals surface area (Å²) >= 11 is 0. The molecule has 2 heterocycles. The molecule has 2 nitrogen and oxygen atoms in total. The largest absolute Gasteiger partial charge is 0.657 e. The number of aromatic nitrogens is 1. The molecule has 1 radical (unpaired) electrons. The Morgan fingerprint density at radius 3 is 1.64 bits per heavy atom. The van der Waals surface area contributed by atoms with E-state index in [0.717, 1.165) is 34.7 Å². The second-order valence-corrected chi connectivity index (χ2v) is 15.0. The minimum absolute atomic E-state index is 0. The van der Waals surface area contributed by atoms with Gasteiger partial charge in [-0.05, 0) is 97.6 Å². The zero-order valence-electron chi connectivity index (χ0n) is 26.3. The molecule has 0 atom stereocenters. The monoisotopic (exact) mass is 740 g/mol. The number of hydrogen-bond donors (Lipinski definition) is 0. The van der Waals surface area contributed by atoms with Crippen molar-refractivity contribution in [3.8, 4) is 0 Å². The SMILES string of the molecule is CC(C)c1cccc(C(C)C)c1[N+]1=[C-]C2(CC1(C)C)C1CC3CC(C1)CC2C3.[Au].c1ccc2c(c1)[n-]c1ccccc12. The Hall–Kier alpha value is -2.13. The number of rotatable bonds is 3. The van der Waals surface area contributed by atoms with E-state index < -0.39 is 0 Å². The van der Waals surface area contributed by atoms with Crippen molar-refractivity contribution >= 4 is 33.7 Å². The zero-order chi connectivity index (χ0) is 28.5. The van der Waals surface area contributed by atoms with E-state index in [1.165, 1.54) is 66.1 Å². The third-order valence-electron chi connectivity index (χ3n) is 11.2. The van der Waals surface area contributed by atoms with Crippen LogP contribution in [-0.2, 0) is 22.4 Å². The van der Waals surface area contributed by atoms with Crippen LogP contribution in [0.3, 0.4) is 0 Å². The van der Waals surface area contributed by atoms with Gasteiger partial charge in [0.1, 0.15) is 5.54 Å². The predicted octanol–water partition coefficient (Wildman–Crippen LogP) is 10.1. The van der Waals surface area contributed by atoms with Gasteiger partial charge in [-0.15, -0.1) is 11.0 Å². The maximum absolute atomic E-state index is 4.52. The van der Waals surface area contributed by atoms with Crippen molar-refractivity contribution in [2.75, 3.05) is 0 Å². The summed E-state index contributed by atoms with van der Waals surface area (Å²) in [6.45, 7) is 14.4. The standard InChI is InChI=1S/C27H39N.C12H8N.Au/c1-17(2)23-8-7-9-24(18(3)4)25(23)28-16-27(15-26(28,5)6)21-11-19-10-20(13-21)14-22(27)12-19;1-3-7-11-9(5-1)10-6-2-4-8-12(10)13-11;/h7-9,17-22H,10-15H2,1-6H3;1-8H;/q;-1;. The quantitative estimate of drug-likeness (QED) is 0.116. The maximum atomic E-state index is 4.52. The average Bonchev–Trinajstić information content (AvgIpc) is 3.46. The van der Waals surface area contributed by atoms with E-state index in [1.807, 2.05) is 12.1 Å². The number of nitrogens with zero attached hydrogens (tertiary/aromatic N) is 2. The van der Waals surface area contributed by atoms with Crippen molar-refractivity contribution in [1.29, 1.82) is 0 Å². The van der Waals surface area contributed by atoms with Gasteiger partial charge in [0.15, 0.2) is 0 Å². The smallest absolute Gasteiger partial charge is 0.129 e. The van der Waals surface area contributed by atoms with Gasteiger partial charge in [0.2, 0.25) is 0 Å². The van der Waals surface area contributed by atoms with Crippen LogP contribution in [0.25, 0.3) is 21.8 Å². The number of para-hydroxylation sites is 3. The fourth-order valence-electron chi connectivity index (χ4n) is 9.55. The van der Waals surface area contributed by atoms with Gasteiger partial charge in [-0.25, -0.2) is 0 Å². The topological polar surface area (TPSA) is 17.1 Å². The molecule has 4 aromatic rings. The number of fused-ring (bicyclic) bond motifs is 3. The molecule has 0 unspecified atom stereocenters. The Labute approximate surface area is 268 Å². The molecule has 1 spiro atoms. The molecule has 4 saturated carbocycles. The Bertz CT molecular complexity index is 1520. The Morgan fingerprint density at radius 1 is 0.690 bits per heavy atom. The first-order valence-electron chi connectivity index (χ1n) is 16.3. The van der Waals surface area contributed by atoms with Crippen LogP contribution in [0.2, 0.25) is 0 Å². The molecule has 4 bridgehead atoms. The summed E-state index contributed by atoms with van der Waals surface area (Å²) < 4.78 is 2.65. The summed E-state index contributed by atoms with van der Waals surface area (Å²) in [6, 6.07) is 23.5. The van der Waals surface area contributed by atoms with Crippen LogP contribution in [0.15, 0.2) is 66.7 Å². The first kappa shape index (κ1) is 29.9. The molecule has 4 fully saturated rings. The maximum Gasteiger partial charge on any atom is 0.129 e. The second-order valence-electron chi connectivity index (χ2n) is 15.0. The van der Waals surface area contributed by atoms with Crippen LogP contribution < -0.4 is 4.98 Å². The fourth-order valence-corrected chi connectivity index (χ4v) is 9.55. The minimum Gasteiger partial charge on any atom is -0.657 e. The molecule has 0 amide bonds. The molecule has 1 aliphatic heterocycles. The molecule has 9 rings (SSSR count). The van der Waals surface area contributed by atoms with Crippen molar-refractivity contribution in [3.05, 3.63) is 77.9 Å². The Balaban J connectivity index is 0.000000188. The third kappa shape index (κ3) is 4.86. The van der Waals surface area contributed by atoms with Crippen LogP contribution in [0.5, 0.6) is 0 Å². The van der Waals surface area contributed by atoms with Crippen LogP contribution >= 0.6 is 0 Å². The predicted molar refractivity (Wildman–Crippen MR) is 172 cm³/mol. The summed E-state index contributed by atoms with van der Waals surface area (Å²) in [7, 11) is 0. The van der Waals surface area contributed by atoms with Gasteiger partial charge < -0.3 is 9.56 Å². The molecule has 5 aliphatic rings. The summed E-state index contributed by atoms with van der Waals surface area (Å²) in [5.41, 5.74) is 7.18. The van der Waals surface area contributed by atoms with Gasteiger partial charge in [-0.3, -0.25) is 0 Å². The van der Waals surface area contributed by atoms with E-state index in [0.29, 0.717) is 17.3 Å². The number of benzene rings is 3. The van der Waals surface area contributed by atoms with Gasteiger partial charge in [0, 0.05) is 35.0 Å². The summed E-state index contributed by atoms with van der Waals surface area (Å²) in [4.78, 5) is 4.52. The van der Waals surface area contributed by atoms with Crippen LogP contribution in [0.4, 0.5) is 5.69 Å². The van der Waals surface area contributed by atoms with E-state index >= 15 is 0 Å². The van der Waals surface area contributed by atoms with Gasteiger partial charge in [0.05, 0.1) is 5.69 Å². The summed E-state index contributed by atoms with van der Waals surface area (Å²) in [6.07, 6.45) is 13.0. The first-order valence-corrected chi connectivity index (χ1v) is 16.3. The molecule has 42 heavy (non-hydrogen) atoms. The van der Waals surface area contributed by atoms with Crippen molar-refractivity contribution < 1.29 is 27.0 Å². The van der Waals surface area contributed by atoms with Gasteiger partial charge in [-0.1, -0.05) is 106 Å². The molecule has 3 aromatic carbocycles. The van der Waals surface area contributed by atoms with E-state index in [9.17, 15) is 0 Å². The van der Waals surface area contributed by atoms with E-state index in [1.54, 1.807) is 0 Å². The number of hydrogen-bond acceptors (Lipinski definition) is 0. The Kier molecular flexibility index (Phi) is 7.91. The molecule has 225 valence electrons. The minimum atomic E-state index is 0. The van der Waals surface area contributed by atoms with Crippen molar-refractivity contribution in [3.63, 3.8) is 0 Å². The van der Waals surface area contributed by atoms with Crippen molar-refractivity contribution in [2.24, 2.45) is 29.1 Å². The molecule has 3 heteroatoms. The molecule has 4 aliphatic carbocycles. The fraction of sp³-hybridized carbons (Fsp3) is 0.513. The van der Waals surface area contributed by atoms with Crippen molar-refractivity contribution in [2.45, 2.75) is 97.4 Å². The van der Waals surface area contributed by atoms with Gasteiger partial charge in [0.25, 0.3) is 0 Å². The Morgan fingerprint density at radius 2 is 1.17 bits per heavy atom. The van der Waals surface area contributed by atoms with Crippen LogP contribution in [-0.4, -0.2) is 16.3 Å². The van der Waals surface area contributed by atoms with Gasteiger partial charge >= 0.3 is 0 Å². The molecule has 0 N–H and O–H groups in total. The molecule has 0 saturated heterocycles. The van der Waals surface area contributed by atoms with Crippen LogP contribution in [0, 0.1) is 29.1 Å². The molecular weight excluding hydrogens is 693 g/mol.